The minimum absolute atomic E-state index is 0.103. The van der Waals surface area contributed by atoms with Gasteiger partial charge in [0.2, 0.25) is 0 Å². The van der Waals surface area contributed by atoms with Crippen molar-refractivity contribution in [2.75, 3.05) is 52.0 Å². The molecule has 2 aromatic carbocycles. The van der Waals surface area contributed by atoms with Gasteiger partial charge < -0.3 is 20.3 Å². The van der Waals surface area contributed by atoms with Gasteiger partial charge in [0.15, 0.2) is 11.5 Å². The average Bonchev–Trinajstić information content (AvgIpc) is 3.29. The van der Waals surface area contributed by atoms with Crippen LogP contribution >= 0.6 is 0 Å². The Morgan fingerprint density at radius 3 is 2.34 bits per heavy atom. The maximum atomic E-state index is 13.9. The first-order valence-electron chi connectivity index (χ1n) is 14.6. The highest BCUT2D eigenvalue weighted by atomic mass is 16.5. The van der Waals surface area contributed by atoms with E-state index < -0.39 is 5.54 Å². The molecule has 2 fully saturated rings. The Morgan fingerprint density at radius 2 is 1.68 bits per heavy atom. The Balaban J connectivity index is 1.23. The maximum Gasteiger partial charge on any atom is 0.335 e. The van der Waals surface area contributed by atoms with Crippen LogP contribution in [0.15, 0.2) is 77.4 Å². The molecule has 12 nitrogen and oxygen atoms in total. The fourth-order valence-electron chi connectivity index (χ4n) is 5.85. The van der Waals surface area contributed by atoms with Crippen LogP contribution in [0.25, 0.3) is 16.9 Å². The number of piperazine rings is 1. The summed E-state index contributed by atoms with van der Waals surface area (Å²) in [5, 5.41) is 9.91. The Bertz CT molecular complexity index is 1810. The predicted molar refractivity (Wildman–Crippen MR) is 167 cm³/mol. The summed E-state index contributed by atoms with van der Waals surface area (Å²) < 4.78 is 8.95. The number of para-hydroxylation sites is 1. The van der Waals surface area contributed by atoms with Gasteiger partial charge >= 0.3 is 5.69 Å². The lowest BCUT2D eigenvalue weighted by molar-refractivity contribution is -0.132. The number of fused-ring (bicyclic) bond motifs is 1. The van der Waals surface area contributed by atoms with Gasteiger partial charge in [0.25, 0.3) is 5.91 Å². The van der Waals surface area contributed by atoms with Crippen molar-refractivity contribution in [1.29, 1.82) is 5.26 Å². The zero-order chi connectivity index (χ0) is 31.0. The average molecular weight is 594 g/mol. The number of rotatable bonds is 7. The summed E-state index contributed by atoms with van der Waals surface area (Å²) in [6.07, 6.45) is 3.10. The second kappa shape index (κ2) is 11.6. The Kier molecular flexibility index (Phi) is 7.67. The van der Waals surface area contributed by atoms with Gasteiger partial charge in [-0.25, -0.2) is 14.8 Å². The van der Waals surface area contributed by atoms with Crippen molar-refractivity contribution < 1.29 is 9.53 Å². The van der Waals surface area contributed by atoms with Crippen LogP contribution in [0.1, 0.15) is 19.9 Å². The van der Waals surface area contributed by atoms with Gasteiger partial charge in [0.1, 0.15) is 35.0 Å². The lowest BCUT2D eigenvalue weighted by Gasteiger charge is -2.42. The van der Waals surface area contributed by atoms with Crippen LogP contribution in [-0.2, 0) is 4.79 Å². The summed E-state index contributed by atoms with van der Waals surface area (Å²) in [6.45, 7) is 8.17. The van der Waals surface area contributed by atoms with Crippen molar-refractivity contribution in [2.24, 2.45) is 0 Å². The molecule has 0 unspecified atom stereocenters. The number of likely N-dealkylation sites (N-methyl/N-ethyl adjacent to an activating group) is 1. The summed E-state index contributed by atoms with van der Waals surface area (Å²) in [5.41, 5.74) is 6.94. The van der Waals surface area contributed by atoms with E-state index in [1.807, 2.05) is 44.2 Å². The van der Waals surface area contributed by atoms with Crippen LogP contribution < -0.4 is 16.2 Å². The van der Waals surface area contributed by atoms with Crippen molar-refractivity contribution in [3.05, 3.63) is 83.1 Å². The summed E-state index contributed by atoms with van der Waals surface area (Å²) in [5.74, 6) is 1.15. The fourth-order valence-corrected chi connectivity index (χ4v) is 5.85. The molecule has 2 N–H and O–H groups in total. The molecular formula is C32H35N9O3. The first kappa shape index (κ1) is 29.1. The molecule has 0 radical (unpaired) electrons. The molecule has 226 valence electrons. The van der Waals surface area contributed by atoms with E-state index in [1.54, 1.807) is 39.8 Å². The number of hydrogen-bond acceptors (Lipinski definition) is 9. The number of nitrogen functional groups attached to an aromatic ring is 1. The van der Waals surface area contributed by atoms with Crippen LogP contribution in [0.3, 0.4) is 0 Å². The number of amides is 1. The highest BCUT2D eigenvalue weighted by Crippen LogP contribution is 2.30. The smallest absolute Gasteiger partial charge is 0.335 e. The number of nitrogens with two attached hydrogens (primary N) is 1. The third-order valence-electron chi connectivity index (χ3n) is 8.44. The molecule has 0 aliphatic carbocycles. The summed E-state index contributed by atoms with van der Waals surface area (Å²) in [6, 6.07) is 18.3. The van der Waals surface area contributed by atoms with Gasteiger partial charge in [0.05, 0.1) is 11.7 Å². The minimum Gasteiger partial charge on any atom is -0.457 e. The van der Waals surface area contributed by atoms with Crippen LogP contribution in [0.5, 0.6) is 11.5 Å². The Morgan fingerprint density at radius 1 is 1.02 bits per heavy atom. The van der Waals surface area contributed by atoms with Crippen molar-refractivity contribution in [3.63, 3.8) is 0 Å². The van der Waals surface area contributed by atoms with E-state index in [-0.39, 0.29) is 42.1 Å². The summed E-state index contributed by atoms with van der Waals surface area (Å²) in [4.78, 5) is 42.0. The molecular weight excluding hydrogens is 558 g/mol. The molecule has 2 saturated heterocycles. The zero-order valence-electron chi connectivity index (χ0n) is 25.1. The first-order valence-corrected chi connectivity index (χ1v) is 14.6. The molecule has 4 heterocycles. The van der Waals surface area contributed by atoms with Crippen molar-refractivity contribution >= 4 is 22.9 Å². The van der Waals surface area contributed by atoms with Crippen LogP contribution in [0.4, 0.5) is 5.82 Å². The molecule has 2 aromatic heterocycles. The number of benzene rings is 2. The largest absolute Gasteiger partial charge is 0.457 e. The van der Waals surface area contributed by atoms with Crippen molar-refractivity contribution in [1.82, 2.24) is 33.8 Å². The number of nitriles is 1. The van der Waals surface area contributed by atoms with Gasteiger partial charge in [0, 0.05) is 44.8 Å². The SMILES string of the molecule is CN1CCN(C(C)(C)C=C(C#N)C(=O)N2CC(n3c(=O)n(-c4ccc(Oc5ccccc5)cc4)c4c(N)ncnc43)C2)CC1. The molecule has 0 spiro atoms. The number of carbonyl (C=O) groups is 1. The highest BCUT2D eigenvalue weighted by molar-refractivity contribution is 5.98. The number of carbonyl (C=O) groups excluding carboxylic acids is 1. The second-order valence-electron chi connectivity index (χ2n) is 11.8. The maximum absolute atomic E-state index is 13.9. The van der Waals surface area contributed by atoms with Crippen molar-refractivity contribution in [2.45, 2.75) is 25.4 Å². The number of ether oxygens (including phenoxy) is 1. The molecule has 0 saturated carbocycles. The van der Waals surface area contributed by atoms with E-state index in [2.05, 4.69) is 32.9 Å². The van der Waals surface area contributed by atoms with Gasteiger partial charge in [-0.1, -0.05) is 18.2 Å². The standard InChI is InChI=1S/C32H35N9O3/c1-32(2,39-15-13-37(3)14-16-39)17-22(18-33)30(42)38-19-24(20-38)41-29-27(28(34)35-21-36-29)40(31(41)43)23-9-11-26(12-10-23)44-25-7-5-4-6-8-25/h4-12,17,21,24H,13-16,19-20H2,1-3H3,(H2,34,35,36). The van der Waals surface area contributed by atoms with Crippen LogP contribution in [0, 0.1) is 11.3 Å². The Labute approximate surface area is 255 Å². The summed E-state index contributed by atoms with van der Waals surface area (Å²) >= 11 is 0. The van der Waals surface area contributed by atoms with E-state index in [0.29, 0.717) is 28.4 Å². The van der Waals surface area contributed by atoms with Gasteiger partial charge in [-0.3, -0.25) is 18.8 Å². The lowest BCUT2D eigenvalue weighted by Crippen LogP contribution is -2.54. The van der Waals surface area contributed by atoms with E-state index in [1.165, 1.54) is 10.9 Å². The third-order valence-corrected chi connectivity index (χ3v) is 8.44. The minimum atomic E-state index is -0.452. The van der Waals surface area contributed by atoms with E-state index in [4.69, 9.17) is 10.5 Å². The molecule has 2 aliphatic heterocycles. The quantitative estimate of drug-likeness (QED) is 0.253. The number of aromatic nitrogens is 4. The third kappa shape index (κ3) is 5.43. The van der Waals surface area contributed by atoms with Crippen molar-refractivity contribution in [3.8, 4) is 23.3 Å². The normalized spacial score (nSPS) is 17.0. The molecule has 4 aromatic rings. The van der Waals surface area contributed by atoms with Gasteiger partial charge in [-0.15, -0.1) is 0 Å². The predicted octanol–water partition coefficient (Wildman–Crippen LogP) is 2.82. The van der Waals surface area contributed by atoms with Gasteiger partial charge in [-0.05, 0) is 63.4 Å². The van der Waals surface area contributed by atoms with E-state index in [9.17, 15) is 14.9 Å². The van der Waals surface area contributed by atoms with Crippen LogP contribution in [-0.4, -0.2) is 91.6 Å². The topological polar surface area (TPSA) is 139 Å². The Hall–Kier alpha value is -4.99. The second-order valence-corrected chi connectivity index (χ2v) is 11.8. The van der Waals surface area contributed by atoms with E-state index >= 15 is 0 Å². The van der Waals surface area contributed by atoms with E-state index in [0.717, 1.165) is 26.2 Å². The highest BCUT2D eigenvalue weighted by Gasteiger charge is 2.38. The number of imidazole rings is 1. The molecule has 0 atom stereocenters. The fraction of sp³-hybridized carbons (Fsp3) is 0.344. The monoisotopic (exact) mass is 593 g/mol. The lowest BCUT2D eigenvalue weighted by atomic mass is 9.96. The molecule has 44 heavy (non-hydrogen) atoms. The number of nitrogens with zero attached hydrogens (tertiary/aromatic N) is 8. The van der Waals surface area contributed by atoms with Crippen LogP contribution in [0.2, 0.25) is 0 Å². The number of hydrogen-bond donors (Lipinski definition) is 1. The van der Waals surface area contributed by atoms with Gasteiger partial charge in [-0.2, -0.15) is 5.26 Å². The molecule has 6 rings (SSSR count). The molecule has 1 amide bonds. The first-order chi connectivity index (χ1) is 21.2. The molecule has 12 heteroatoms. The molecule has 0 bridgehead atoms. The zero-order valence-corrected chi connectivity index (χ0v) is 25.1. The molecule has 2 aliphatic rings. The number of likely N-dealkylation sites (tertiary alicyclic amines) is 1. The summed E-state index contributed by atoms with van der Waals surface area (Å²) in [7, 11) is 2.09. The number of anilines is 1.